The van der Waals surface area contributed by atoms with Gasteiger partial charge in [-0.2, -0.15) is 0 Å². The summed E-state index contributed by atoms with van der Waals surface area (Å²) in [6, 6.07) is 7.05. The number of aromatic nitrogens is 1. The molecule has 0 saturated heterocycles. The summed E-state index contributed by atoms with van der Waals surface area (Å²) in [6.07, 6.45) is 1.81. The summed E-state index contributed by atoms with van der Waals surface area (Å²) in [5.41, 5.74) is 6.78. The Kier molecular flexibility index (Phi) is 5.09. The van der Waals surface area contributed by atoms with Crippen molar-refractivity contribution in [3.8, 4) is 11.8 Å². The molecule has 1 amide bonds. The SMILES string of the molecule is Cc1cnc(C(C)NC(=O)c2ccc(C#CCN)cc2)s1. The molecule has 1 heterocycles. The van der Waals surface area contributed by atoms with Crippen LogP contribution in [0.5, 0.6) is 0 Å². The molecule has 0 aliphatic heterocycles. The number of carbonyl (C=O) groups is 1. The van der Waals surface area contributed by atoms with Gasteiger partial charge in [-0.25, -0.2) is 4.98 Å². The van der Waals surface area contributed by atoms with Crippen molar-refractivity contribution in [2.45, 2.75) is 19.9 Å². The number of carbonyl (C=O) groups excluding carboxylic acids is 1. The van der Waals surface area contributed by atoms with Gasteiger partial charge in [0, 0.05) is 22.2 Å². The van der Waals surface area contributed by atoms with Gasteiger partial charge in [0.2, 0.25) is 0 Å². The largest absolute Gasteiger partial charge is 0.343 e. The van der Waals surface area contributed by atoms with Crippen LogP contribution in [0, 0.1) is 18.8 Å². The van der Waals surface area contributed by atoms with Gasteiger partial charge in [0.25, 0.3) is 5.91 Å². The molecule has 0 aliphatic carbocycles. The fourth-order valence-corrected chi connectivity index (χ4v) is 2.55. The van der Waals surface area contributed by atoms with E-state index in [4.69, 9.17) is 5.73 Å². The molecule has 0 saturated carbocycles. The first-order chi connectivity index (χ1) is 10.1. The van der Waals surface area contributed by atoms with Crippen molar-refractivity contribution in [1.82, 2.24) is 10.3 Å². The summed E-state index contributed by atoms with van der Waals surface area (Å²) in [7, 11) is 0. The van der Waals surface area contributed by atoms with Crippen molar-refractivity contribution >= 4 is 17.2 Å². The molecule has 21 heavy (non-hydrogen) atoms. The number of amides is 1. The highest BCUT2D eigenvalue weighted by Gasteiger charge is 2.13. The quantitative estimate of drug-likeness (QED) is 0.854. The molecule has 4 nitrogen and oxygen atoms in total. The lowest BCUT2D eigenvalue weighted by atomic mass is 10.1. The van der Waals surface area contributed by atoms with Gasteiger partial charge in [-0.15, -0.1) is 11.3 Å². The molecule has 2 aromatic rings. The molecule has 0 aliphatic rings. The van der Waals surface area contributed by atoms with Crippen LogP contribution in [0.3, 0.4) is 0 Å². The molecule has 1 aromatic heterocycles. The zero-order valence-corrected chi connectivity index (χ0v) is 12.8. The second kappa shape index (κ2) is 7.02. The smallest absolute Gasteiger partial charge is 0.251 e. The van der Waals surface area contributed by atoms with Gasteiger partial charge < -0.3 is 11.1 Å². The average Bonchev–Trinajstić information content (AvgIpc) is 2.92. The van der Waals surface area contributed by atoms with Gasteiger partial charge in [-0.3, -0.25) is 4.79 Å². The molecule has 5 heteroatoms. The van der Waals surface area contributed by atoms with Gasteiger partial charge >= 0.3 is 0 Å². The van der Waals surface area contributed by atoms with Crippen LogP contribution in [0.2, 0.25) is 0 Å². The van der Waals surface area contributed by atoms with E-state index in [0.717, 1.165) is 15.4 Å². The van der Waals surface area contributed by atoms with Gasteiger partial charge in [-0.05, 0) is 38.1 Å². The first-order valence-electron chi connectivity index (χ1n) is 6.62. The maximum absolute atomic E-state index is 12.2. The fourth-order valence-electron chi connectivity index (χ4n) is 1.77. The van der Waals surface area contributed by atoms with Crippen LogP contribution in [0.15, 0.2) is 30.5 Å². The molecule has 0 spiro atoms. The van der Waals surface area contributed by atoms with E-state index in [2.05, 4.69) is 22.1 Å². The standard InChI is InChI=1S/C16H17N3OS/c1-11-10-18-16(21-11)12(2)19-15(20)14-7-5-13(6-8-14)4-3-9-17/h5-8,10,12H,9,17H2,1-2H3,(H,19,20). The summed E-state index contributed by atoms with van der Waals surface area (Å²) < 4.78 is 0. The number of thiazole rings is 1. The van der Waals surface area contributed by atoms with Crippen molar-refractivity contribution in [1.29, 1.82) is 0 Å². The van der Waals surface area contributed by atoms with Crippen LogP contribution in [0.4, 0.5) is 0 Å². The van der Waals surface area contributed by atoms with Gasteiger partial charge in [0.15, 0.2) is 0 Å². The van der Waals surface area contributed by atoms with E-state index in [1.54, 1.807) is 23.5 Å². The minimum Gasteiger partial charge on any atom is -0.343 e. The Morgan fingerprint density at radius 3 is 2.71 bits per heavy atom. The molecule has 0 bridgehead atoms. The Morgan fingerprint density at radius 1 is 1.43 bits per heavy atom. The fraction of sp³-hybridized carbons (Fsp3) is 0.250. The molecular formula is C16H17N3OS. The van der Waals surface area contributed by atoms with Crippen LogP contribution in [-0.4, -0.2) is 17.4 Å². The van der Waals surface area contributed by atoms with E-state index in [1.165, 1.54) is 0 Å². The van der Waals surface area contributed by atoms with Crippen LogP contribution in [-0.2, 0) is 0 Å². The van der Waals surface area contributed by atoms with E-state index in [9.17, 15) is 4.79 Å². The summed E-state index contributed by atoms with van der Waals surface area (Å²) in [5.74, 6) is 5.59. The summed E-state index contributed by atoms with van der Waals surface area (Å²) in [6.45, 7) is 4.25. The zero-order chi connectivity index (χ0) is 15.2. The number of nitrogens with one attached hydrogen (secondary N) is 1. The summed E-state index contributed by atoms with van der Waals surface area (Å²) in [5, 5.41) is 3.85. The Hall–Kier alpha value is -2.16. The van der Waals surface area contributed by atoms with Crippen molar-refractivity contribution in [3.05, 3.63) is 51.5 Å². The van der Waals surface area contributed by atoms with Crippen LogP contribution in [0.25, 0.3) is 0 Å². The summed E-state index contributed by atoms with van der Waals surface area (Å²) >= 11 is 1.59. The number of benzene rings is 1. The second-order valence-corrected chi connectivity index (χ2v) is 5.85. The second-order valence-electron chi connectivity index (χ2n) is 4.59. The Labute approximate surface area is 128 Å². The number of hydrogen-bond donors (Lipinski definition) is 2. The lowest BCUT2D eigenvalue weighted by Gasteiger charge is -2.11. The molecule has 108 valence electrons. The van der Waals surface area contributed by atoms with E-state index in [-0.39, 0.29) is 11.9 Å². The normalized spacial score (nSPS) is 11.4. The molecule has 2 rings (SSSR count). The summed E-state index contributed by atoms with van der Waals surface area (Å²) in [4.78, 5) is 17.6. The highest BCUT2D eigenvalue weighted by molar-refractivity contribution is 7.11. The predicted molar refractivity (Wildman–Crippen MR) is 85.1 cm³/mol. The lowest BCUT2D eigenvalue weighted by Crippen LogP contribution is -2.26. The van der Waals surface area contributed by atoms with Crippen molar-refractivity contribution in [3.63, 3.8) is 0 Å². The molecule has 3 N–H and O–H groups in total. The van der Waals surface area contributed by atoms with Gasteiger partial charge in [0.1, 0.15) is 5.01 Å². The van der Waals surface area contributed by atoms with E-state index in [0.29, 0.717) is 12.1 Å². The van der Waals surface area contributed by atoms with Crippen molar-refractivity contribution in [2.75, 3.05) is 6.54 Å². The third kappa shape index (κ3) is 4.15. The average molecular weight is 299 g/mol. The van der Waals surface area contributed by atoms with E-state index >= 15 is 0 Å². The molecule has 1 aromatic carbocycles. The lowest BCUT2D eigenvalue weighted by molar-refractivity contribution is 0.0940. The minimum atomic E-state index is -0.117. The predicted octanol–water partition coefficient (Wildman–Crippen LogP) is 2.25. The zero-order valence-electron chi connectivity index (χ0n) is 12.0. The molecule has 1 atom stereocenters. The molecular weight excluding hydrogens is 282 g/mol. The third-order valence-electron chi connectivity index (χ3n) is 2.84. The number of hydrogen-bond acceptors (Lipinski definition) is 4. The van der Waals surface area contributed by atoms with Crippen molar-refractivity contribution in [2.24, 2.45) is 5.73 Å². The monoisotopic (exact) mass is 299 g/mol. The topological polar surface area (TPSA) is 68.0 Å². The maximum atomic E-state index is 12.2. The van der Waals surface area contributed by atoms with Gasteiger partial charge in [0.05, 0.1) is 12.6 Å². The first kappa shape index (κ1) is 15.2. The van der Waals surface area contributed by atoms with E-state index in [1.807, 2.05) is 32.2 Å². The minimum absolute atomic E-state index is 0.104. The number of nitrogens with two attached hydrogens (primary N) is 1. The van der Waals surface area contributed by atoms with E-state index < -0.39 is 0 Å². The van der Waals surface area contributed by atoms with Crippen LogP contribution >= 0.6 is 11.3 Å². The van der Waals surface area contributed by atoms with Gasteiger partial charge in [-0.1, -0.05) is 11.8 Å². The third-order valence-corrected chi connectivity index (χ3v) is 3.93. The Bertz CT molecular complexity index is 680. The molecule has 0 radical (unpaired) electrons. The number of aryl methyl sites for hydroxylation is 1. The molecule has 1 unspecified atom stereocenters. The number of nitrogens with zero attached hydrogens (tertiary/aromatic N) is 1. The highest BCUT2D eigenvalue weighted by atomic mass is 32.1. The Balaban J connectivity index is 2.03. The van der Waals surface area contributed by atoms with Crippen molar-refractivity contribution < 1.29 is 4.79 Å². The van der Waals surface area contributed by atoms with Crippen LogP contribution in [0.1, 0.15) is 38.8 Å². The maximum Gasteiger partial charge on any atom is 0.251 e. The number of rotatable bonds is 3. The molecule has 0 fully saturated rings. The van der Waals surface area contributed by atoms with Crippen LogP contribution < -0.4 is 11.1 Å². The first-order valence-corrected chi connectivity index (χ1v) is 7.44. The highest BCUT2D eigenvalue weighted by Crippen LogP contribution is 2.19. The Morgan fingerprint density at radius 2 is 2.14 bits per heavy atom.